The third-order valence-corrected chi connectivity index (χ3v) is 3.98. The molecule has 1 fully saturated rings. The number of hydrogen-bond donors (Lipinski definition) is 2. The molecule has 0 radical (unpaired) electrons. The second-order valence-corrected chi connectivity index (χ2v) is 6.37. The van der Waals surface area contributed by atoms with E-state index in [0.717, 1.165) is 18.4 Å². The van der Waals surface area contributed by atoms with Crippen molar-refractivity contribution in [2.75, 3.05) is 6.54 Å². The van der Waals surface area contributed by atoms with Gasteiger partial charge in [0.15, 0.2) is 0 Å². The first kappa shape index (κ1) is 20.4. The molecule has 1 aliphatic carbocycles. The van der Waals surface area contributed by atoms with Crippen LogP contribution in [0.2, 0.25) is 0 Å². The van der Waals surface area contributed by atoms with Gasteiger partial charge >= 0.3 is 0 Å². The van der Waals surface area contributed by atoms with Gasteiger partial charge in [-0.25, -0.2) is 4.39 Å². The van der Waals surface area contributed by atoms with Crippen LogP contribution in [0, 0.1) is 11.7 Å². The van der Waals surface area contributed by atoms with Crippen LogP contribution < -0.4 is 11.1 Å². The van der Waals surface area contributed by atoms with Crippen LogP contribution in [0.1, 0.15) is 32.3 Å². The number of nitrogens with zero attached hydrogens (tertiary/aromatic N) is 1. The van der Waals surface area contributed by atoms with Crippen molar-refractivity contribution in [1.29, 1.82) is 0 Å². The highest BCUT2D eigenvalue weighted by Gasteiger charge is 2.32. The fraction of sp³-hybridized carbons (Fsp3) is 0.529. The summed E-state index contributed by atoms with van der Waals surface area (Å²) in [5, 5.41) is 2.59. The maximum absolute atomic E-state index is 13.3. The van der Waals surface area contributed by atoms with Crippen LogP contribution in [-0.4, -0.2) is 35.3 Å². The van der Waals surface area contributed by atoms with Crippen LogP contribution in [0.25, 0.3) is 0 Å². The number of amides is 2. The predicted molar refractivity (Wildman–Crippen MR) is 93.0 cm³/mol. The van der Waals surface area contributed by atoms with E-state index in [1.54, 1.807) is 17.0 Å². The highest BCUT2D eigenvalue weighted by atomic mass is 35.5. The largest absolute Gasteiger partial charge is 0.346 e. The highest BCUT2D eigenvalue weighted by molar-refractivity contribution is 5.87. The molecule has 0 unspecified atom stereocenters. The zero-order valence-electron chi connectivity index (χ0n) is 14.0. The van der Waals surface area contributed by atoms with Gasteiger partial charge in [-0.2, -0.15) is 0 Å². The van der Waals surface area contributed by atoms with Gasteiger partial charge in [-0.15, -0.1) is 12.4 Å². The molecule has 0 bridgehead atoms. The van der Waals surface area contributed by atoms with Crippen LogP contribution in [0.15, 0.2) is 24.3 Å². The van der Waals surface area contributed by atoms with Gasteiger partial charge in [0.2, 0.25) is 11.8 Å². The Balaban J connectivity index is 0.00000288. The van der Waals surface area contributed by atoms with Gasteiger partial charge in [0.05, 0.1) is 12.6 Å². The fourth-order valence-corrected chi connectivity index (χ4v) is 2.32. The van der Waals surface area contributed by atoms with E-state index in [-0.39, 0.29) is 48.5 Å². The summed E-state index contributed by atoms with van der Waals surface area (Å²) in [5.74, 6) is -0.797. The summed E-state index contributed by atoms with van der Waals surface area (Å²) >= 11 is 0. The minimum absolute atomic E-state index is 0. The van der Waals surface area contributed by atoms with Crippen molar-refractivity contribution >= 4 is 24.2 Å². The molecule has 2 rings (SSSR count). The smallest absolute Gasteiger partial charge is 0.242 e. The average molecular weight is 358 g/mol. The summed E-state index contributed by atoms with van der Waals surface area (Å²) in [6, 6.07) is 5.78. The minimum Gasteiger partial charge on any atom is -0.346 e. The molecule has 24 heavy (non-hydrogen) atoms. The number of nitrogens with one attached hydrogen (secondary N) is 1. The predicted octanol–water partition coefficient (Wildman–Crippen LogP) is 1.84. The van der Waals surface area contributed by atoms with Crippen LogP contribution in [0.4, 0.5) is 4.39 Å². The minimum atomic E-state index is -0.625. The van der Waals surface area contributed by atoms with Crippen LogP contribution >= 0.6 is 12.4 Å². The van der Waals surface area contributed by atoms with Crippen molar-refractivity contribution < 1.29 is 14.0 Å². The topological polar surface area (TPSA) is 75.4 Å². The SMILES string of the molecule is CC(C)[C@H](N)C(=O)NCC(=O)N(Cc1cccc(F)c1)C1CC1.Cl. The van der Waals surface area contributed by atoms with Gasteiger partial charge in [-0.05, 0) is 36.5 Å². The van der Waals surface area contributed by atoms with Crippen molar-refractivity contribution in [2.24, 2.45) is 11.7 Å². The van der Waals surface area contributed by atoms with Gasteiger partial charge in [0.25, 0.3) is 0 Å². The van der Waals surface area contributed by atoms with Gasteiger partial charge in [-0.3, -0.25) is 9.59 Å². The summed E-state index contributed by atoms with van der Waals surface area (Å²) in [6.07, 6.45) is 1.89. The van der Waals surface area contributed by atoms with Gasteiger partial charge in [-0.1, -0.05) is 26.0 Å². The van der Waals surface area contributed by atoms with E-state index in [4.69, 9.17) is 5.73 Å². The molecule has 7 heteroatoms. The van der Waals surface area contributed by atoms with Crippen molar-refractivity contribution in [2.45, 2.75) is 45.3 Å². The van der Waals surface area contributed by atoms with Crippen molar-refractivity contribution in [3.05, 3.63) is 35.6 Å². The summed E-state index contributed by atoms with van der Waals surface area (Å²) < 4.78 is 13.3. The van der Waals surface area contributed by atoms with E-state index in [9.17, 15) is 14.0 Å². The van der Waals surface area contributed by atoms with E-state index in [1.807, 2.05) is 13.8 Å². The van der Waals surface area contributed by atoms with Crippen LogP contribution in [-0.2, 0) is 16.1 Å². The van der Waals surface area contributed by atoms with E-state index < -0.39 is 6.04 Å². The zero-order chi connectivity index (χ0) is 17.0. The first-order chi connectivity index (χ1) is 10.9. The van der Waals surface area contributed by atoms with E-state index in [2.05, 4.69) is 5.32 Å². The summed E-state index contributed by atoms with van der Waals surface area (Å²) in [6.45, 7) is 3.98. The first-order valence-corrected chi connectivity index (χ1v) is 7.95. The second kappa shape index (κ2) is 8.99. The molecule has 1 aliphatic rings. The van der Waals surface area contributed by atoms with Crippen molar-refractivity contribution in [1.82, 2.24) is 10.2 Å². The number of rotatable bonds is 7. The lowest BCUT2D eigenvalue weighted by Crippen LogP contribution is -2.48. The van der Waals surface area contributed by atoms with Crippen LogP contribution in [0.3, 0.4) is 0 Å². The third kappa shape index (κ3) is 5.76. The Hall–Kier alpha value is -1.66. The molecule has 0 aliphatic heterocycles. The van der Waals surface area contributed by atoms with E-state index >= 15 is 0 Å². The Morgan fingerprint density at radius 3 is 2.58 bits per heavy atom. The third-order valence-electron chi connectivity index (χ3n) is 3.98. The molecular weight excluding hydrogens is 333 g/mol. The lowest BCUT2D eigenvalue weighted by molar-refractivity contribution is -0.134. The number of hydrogen-bond acceptors (Lipinski definition) is 3. The maximum atomic E-state index is 13.3. The molecule has 1 aromatic carbocycles. The molecule has 1 aromatic rings. The lowest BCUT2D eigenvalue weighted by atomic mass is 10.1. The molecule has 1 saturated carbocycles. The lowest BCUT2D eigenvalue weighted by Gasteiger charge is -2.23. The molecule has 5 nitrogen and oxygen atoms in total. The second-order valence-electron chi connectivity index (χ2n) is 6.37. The Bertz CT molecular complexity index is 579. The van der Waals surface area contributed by atoms with Gasteiger partial charge < -0.3 is 16.0 Å². The summed E-state index contributed by atoms with van der Waals surface area (Å²) in [7, 11) is 0. The first-order valence-electron chi connectivity index (χ1n) is 7.95. The molecule has 2 amide bonds. The quantitative estimate of drug-likeness (QED) is 0.781. The normalized spacial score (nSPS) is 14.7. The molecule has 0 aromatic heterocycles. The summed E-state index contributed by atoms with van der Waals surface area (Å²) in [5.41, 5.74) is 6.50. The summed E-state index contributed by atoms with van der Waals surface area (Å²) in [4.78, 5) is 25.9. The van der Waals surface area contributed by atoms with E-state index in [1.165, 1.54) is 12.1 Å². The zero-order valence-corrected chi connectivity index (χ0v) is 14.8. The molecule has 0 spiro atoms. The Morgan fingerprint density at radius 2 is 2.04 bits per heavy atom. The van der Waals surface area contributed by atoms with Crippen LogP contribution in [0.5, 0.6) is 0 Å². The number of carbonyl (C=O) groups excluding carboxylic acids is 2. The standard InChI is InChI=1S/C17H24FN3O2.ClH/c1-11(2)16(19)17(23)20-9-15(22)21(14-6-7-14)10-12-4-3-5-13(18)8-12;/h3-5,8,11,14,16H,6-7,9-10,19H2,1-2H3,(H,20,23);1H/t16-;/m0./s1. The van der Waals surface area contributed by atoms with Crippen molar-refractivity contribution in [3.8, 4) is 0 Å². The van der Waals surface area contributed by atoms with E-state index in [0.29, 0.717) is 6.54 Å². The number of carbonyl (C=O) groups is 2. The van der Waals surface area contributed by atoms with Crippen molar-refractivity contribution in [3.63, 3.8) is 0 Å². The molecule has 1 atom stereocenters. The number of nitrogens with two attached hydrogens (primary N) is 1. The Morgan fingerprint density at radius 1 is 1.38 bits per heavy atom. The molecular formula is C17H25ClFN3O2. The number of benzene rings is 1. The Kier molecular flexibility index (Phi) is 7.63. The van der Waals surface area contributed by atoms with Gasteiger partial charge in [0.1, 0.15) is 5.82 Å². The maximum Gasteiger partial charge on any atom is 0.242 e. The van der Waals surface area contributed by atoms with Gasteiger partial charge in [0, 0.05) is 12.6 Å². The number of halogens is 2. The highest BCUT2D eigenvalue weighted by Crippen LogP contribution is 2.28. The monoisotopic (exact) mass is 357 g/mol. The molecule has 3 N–H and O–H groups in total. The Labute approximate surface area is 148 Å². The molecule has 0 heterocycles. The fourth-order valence-electron chi connectivity index (χ4n) is 2.32. The average Bonchev–Trinajstić information content (AvgIpc) is 3.33. The molecule has 0 saturated heterocycles. The molecule has 134 valence electrons.